The maximum Gasteiger partial charge on any atom is 0.223 e. The maximum absolute atomic E-state index is 12.5. The van der Waals surface area contributed by atoms with Gasteiger partial charge in [0.1, 0.15) is 5.01 Å². The van der Waals surface area contributed by atoms with E-state index in [4.69, 9.17) is 0 Å². The molecule has 2 fully saturated rings. The van der Waals surface area contributed by atoms with Gasteiger partial charge in [-0.3, -0.25) is 4.79 Å². The van der Waals surface area contributed by atoms with Crippen LogP contribution in [-0.2, 0) is 10.3 Å². The second kappa shape index (κ2) is 5.69. The molecule has 1 aromatic heterocycles. The van der Waals surface area contributed by atoms with Gasteiger partial charge in [0, 0.05) is 11.1 Å². The quantitative estimate of drug-likeness (QED) is 0.898. The molecule has 2 N–H and O–H groups in total. The van der Waals surface area contributed by atoms with Gasteiger partial charge in [-0.15, -0.1) is 11.3 Å². The third-order valence-corrected chi connectivity index (χ3v) is 6.05. The number of hydrogen-bond acceptors (Lipinski definition) is 4. The first-order valence-corrected chi connectivity index (χ1v) is 8.85. The third kappa shape index (κ3) is 3.14. The van der Waals surface area contributed by atoms with Crippen molar-refractivity contribution in [2.45, 2.75) is 75.9 Å². The first-order valence-electron chi connectivity index (χ1n) is 7.97. The minimum absolute atomic E-state index is 0.0193. The van der Waals surface area contributed by atoms with E-state index in [-0.39, 0.29) is 17.9 Å². The average molecular weight is 308 g/mol. The van der Waals surface area contributed by atoms with Gasteiger partial charge in [0.25, 0.3) is 0 Å². The Kier molecular flexibility index (Phi) is 4.06. The minimum Gasteiger partial charge on any atom is -0.389 e. The summed E-state index contributed by atoms with van der Waals surface area (Å²) in [5.41, 5.74) is -0.0434. The summed E-state index contributed by atoms with van der Waals surface area (Å²) in [6, 6.07) is 0. The summed E-state index contributed by atoms with van der Waals surface area (Å²) in [5, 5.41) is 16.7. The van der Waals surface area contributed by atoms with Crippen molar-refractivity contribution in [2.24, 2.45) is 0 Å². The van der Waals surface area contributed by atoms with Crippen molar-refractivity contribution >= 4 is 17.2 Å². The summed E-state index contributed by atoms with van der Waals surface area (Å²) < 4.78 is 0. The van der Waals surface area contributed by atoms with Gasteiger partial charge >= 0.3 is 0 Å². The molecule has 1 amide bonds. The molecule has 4 nitrogen and oxygen atoms in total. The van der Waals surface area contributed by atoms with Gasteiger partial charge in [-0.05, 0) is 32.6 Å². The standard InChI is InChI=1S/C16H24N2O2S/c1-12-11-21-14(17-12)16(8-4-5-9-16)18-13(19)10-15(20)6-2-3-7-15/h11,20H,2-10H2,1H3,(H,18,19). The highest BCUT2D eigenvalue weighted by atomic mass is 32.1. The van der Waals surface area contributed by atoms with E-state index < -0.39 is 5.60 Å². The fourth-order valence-electron chi connectivity index (χ4n) is 3.76. The number of carbonyl (C=O) groups is 1. The van der Waals surface area contributed by atoms with Gasteiger partial charge in [0.05, 0.1) is 17.6 Å². The molecular weight excluding hydrogens is 284 g/mol. The van der Waals surface area contributed by atoms with Gasteiger partial charge in [0.15, 0.2) is 0 Å². The molecule has 5 heteroatoms. The van der Waals surface area contributed by atoms with Crippen molar-refractivity contribution in [3.63, 3.8) is 0 Å². The summed E-state index contributed by atoms with van der Waals surface area (Å²) in [6.45, 7) is 1.99. The van der Waals surface area contributed by atoms with Gasteiger partial charge in [-0.25, -0.2) is 4.98 Å². The Morgan fingerprint density at radius 3 is 2.48 bits per heavy atom. The molecule has 0 saturated heterocycles. The van der Waals surface area contributed by atoms with Gasteiger partial charge < -0.3 is 10.4 Å². The summed E-state index contributed by atoms with van der Waals surface area (Å²) in [6.07, 6.45) is 7.98. The predicted octanol–water partition coefficient (Wildman–Crippen LogP) is 3.03. The molecule has 0 spiro atoms. The van der Waals surface area contributed by atoms with Gasteiger partial charge in [-0.1, -0.05) is 25.7 Å². The number of carbonyl (C=O) groups excluding carboxylic acids is 1. The Morgan fingerprint density at radius 1 is 1.29 bits per heavy atom. The van der Waals surface area contributed by atoms with E-state index in [0.29, 0.717) is 0 Å². The monoisotopic (exact) mass is 308 g/mol. The topological polar surface area (TPSA) is 62.2 Å². The van der Waals surface area contributed by atoms with Gasteiger partial charge in [-0.2, -0.15) is 0 Å². The smallest absolute Gasteiger partial charge is 0.223 e. The first kappa shape index (κ1) is 15.0. The second-order valence-electron chi connectivity index (χ2n) is 6.74. The van der Waals surface area contributed by atoms with Crippen LogP contribution < -0.4 is 5.32 Å². The average Bonchev–Trinajstić information content (AvgIpc) is 3.11. The third-order valence-electron chi connectivity index (χ3n) is 4.89. The molecule has 21 heavy (non-hydrogen) atoms. The molecule has 0 aliphatic heterocycles. The number of aryl methyl sites for hydroxylation is 1. The number of nitrogens with zero attached hydrogens (tertiary/aromatic N) is 1. The SMILES string of the molecule is Cc1csc(C2(NC(=O)CC3(O)CCCC3)CCCC2)n1. The molecule has 116 valence electrons. The minimum atomic E-state index is -0.775. The molecule has 0 aromatic carbocycles. The largest absolute Gasteiger partial charge is 0.389 e. The number of amides is 1. The zero-order valence-corrected chi connectivity index (χ0v) is 13.5. The van der Waals surface area contributed by atoms with Crippen LogP contribution in [0.2, 0.25) is 0 Å². The van der Waals surface area contributed by atoms with E-state index in [1.54, 1.807) is 11.3 Å². The highest BCUT2D eigenvalue weighted by Gasteiger charge is 2.41. The van der Waals surface area contributed by atoms with E-state index in [9.17, 15) is 9.90 Å². The van der Waals surface area contributed by atoms with Crippen molar-refractivity contribution in [3.8, 4) is 0 Å². The van der Waals surface area contributed by atoms with Crippen LogP contribution in [0.5, 0.6) is 0 Å². The van der Waals surface area contributed by atoms with E-state index in [1.165, 1.54) is 0 Å². The second-order valence-corrected chi connectivity index (χ2v) is 7.60. The Bertz CT molecular complexity index is 514. The van der Waals surface area contributed by atoms with Crippen LogP contribution in [0, 0.1) is 6.92 Å². The molecule has 2 saturated carbocycles. The molecule has 0 unspecified atom stereocenters. The lowest BCUT2D eigenvalue weighted by atomic mass is 9.94. The molecule has 0 atom stereocenters. The summed E-state index contributed by atoms with van der Waals surface area (Å²) in [7, 11) is 0. The van der Waals surface area contributed by atoms with Crippen LogP contribution in [0.1, 0.15) is 68.5 Å². The zero-order valence-electron chi connectivity index (χ0n) is 12.7. The fourth-order valence-corrected chi connectivity index (χ4v) is 4.78. The zero-order chi connectivity index (χ0) is 14.9. The van der Waals surface area contributed by atoms with Crippen LogP contribution >= 0.6 is 11.3 Å². The summed E-state index contributed by atoms with van der Waals surface area (Å²) in [4.78, 5) is 17.1. The van der Waals surface area contributed by atoms with E-state index in [1.807, 2.05) is 12.3 Å². The molecule has 1 heterocycles. The highest BCUT2D eigenvalue weighted by Crippen LogP contribution is 2.41. The summed E-state index contributed by atoms with van der Waals surface area (Å²) >= 11 is 1.64. The lowest BCUT2D eigenvalue weighted by molar-refractivity contribution is -0.128. The lowest BCUT2D eigenvalue weighted by Gasteiger charge is -2.30. The van der Waals surface area contributed by atoms with E-state index in [0.717, 1.165) is 62.1 Å². The predicted molar refractivity (Wildman–Crippen MR) is 83.2 cm³/mol. The van der Waals surface area contributed by atoms with Crippen LogP contribution in [0.25, 0.3) is 0 Å². The molecular formula is C16H24N2O2S. The van der Waals surface area contributed by atoms with Gasteiger partial charge in [0.2, 0.25) is 5.91 Å². The number of hydrogen-bond donors (Lipinski definition) is 2. The van der Waals surface area contributed by atoms with Crippen LogP contribution in [-0.4, -0.2) is 21.6 Å². The number of rotatable bonds is 4. The summed E-state index contributed by atoms with van der Waals surface area (Å²) in [5.74, 6) is -0.0193. The normalized spacial score (nSPS) is 23.3. The Hall–Kier alpha value is -0.940. The molecule has 2 aliphatic rings. The Labute approximate surface area is 130 Å². The van der Waals surface area contributed by atoms with Crippen LogP contribution in [0.3, 0.4) is 0 Å². The van der Waals surface area contributed by atoms with Crippen molar-refractivity contribution in [1.82, 2.24) is 10.3 Å². The fraction of sp³-hybridized carbons (Fsp3) is 0.750. The van der Waals surface area contributed by atoms with E-state index in [2.05, 4.69) is 10.3 Å². The number of aromatic nitrogens is 1. The molecule has 0 radical (unpaired) electrons. The first-order chi connectivity index (χ1) is 10.0. The van der Waals surface area contributed by atoms with Crippen molar-refractivity contribution in [3.05, 3.63) is 16.1 Å². The highest BCUT2D eigenvalue weighted by molar-refractivity contribution is 7.09. The van der Waals surface area contributed by atoms with Crippen LogP contribution in [0.4, 0.5) is 0 Å². The van der Waals surface area contributed by atoms with E-state index >= 15 is 0 Å². The number of aliphatic hydroxyl groups is 1. The van der Waals surface area contributed by atoms with Crippen molar-refractivity contribution in [1.29, 1.82) is 0 Å². The molecule has 1 aromatic rings. The molecule has 2 aliphatic carbocycles. The molecule has 0 bridgehead atoms. The lowest BCUT2D eigenvalue weighted by Crippen LogP contribution is -2.46. The number of thiazole rings is 1. The van der Waals surface area contributed by atoms with Crippen molar-refractivity contribution < 1.29 is 9.90 Å². The van der Waals surface area contributed by atoms with Crippen LogP contribution in [0.15, 0.2) is 5.38 Å². The Morgan fingerprint density at radius 2 is 1.90 bits per heavy atom. The van der Waals surface area contributed by atoms with Crippen molar-refractivity contribution in [2.75, 3.05) is 0 Å². The maximum atomic E-state index is 12.5. The Balaban J connectivity index is 1.72. The molecule has 3 rings (SSSR count). The number of nitrogens with one attached hydrogen (secondary N) is 1.